The zero-order chi connectivity index (χ0) is 21.8. The lowest BCUT2D eigenvalue weighted by Gasteiger charge is -2.36. The van der Waals surface area contributed by atoms with Crippen LogP contribution in [0, 0.1) is 12.8 Å². The summed E-state index contributed by atoms with van der Waals surface area (Å²) >= 11 is 0. The van der Waals surface area contributed by atoms with Gasteiger partial charge in [0.1, 0.15) is 5.75 Å². The summed E-state index contributed by atoms with van der Waals surface area (Å²) in [5.74, 6) is 1.35. The average Bonchev–Trinajstić information content (AvgIpc) is 2.78. The van der Waals surface area contributed by atoms with E-state index in [1.165, 1.54) is 11.1 Å². The summed E-state index contributed by atoms with van der Waals surface area (Å²) in [6, 6.07) is 13.7. The van der Waals surface area contributed by atoms with Crippen LogP contribution in [0.1, 0.15) is 42.9 Å². The van der Waals surface area contributed by atoms with Crippen LogP contribution >= 0.6 is 0 Å². The largest absolute Gasteiger partial charge is 0.494 e. The fraction of sp³-hybridized carbons (Fsp3) is 0.520. The van der Waals surface area contributed by atoms with Crippen LogP contribution in [-0.2, 0) is 23.0 Å². The molecule has 0 amide bonds. The van der Waals surface area contributed by atoms with Gasteiger partial charge in [-0.15, -0.1) is 0 Å². The van der Waals surface area contributed by atoms with Crippen molar-refractivity contribution in [2.45, 2.75) is 51.0 Å². The molecule has 0 bridgehead atoms. The first-order chi connectivity index (χ1) is 15.0. The zero-order valence-electron chi connectivity index (χ0n) is 18.7. The fourth-order valence-electron chi connectivity index (χ4n) is 4.67. The van der Waals surface area contributed by atoms with Crippen LogP contribution in [0.15, 0.2) is 47.4 Å². The minimum Gasteiger partial charge on any atom is -0.494 e. The molecule has 2 aliphatic rings. The topological polar surface area (TPSA) is 49.9 Å². The summed E-state index contributed by atoms with van der Waals surface area (Å²) < 4.78 is 33.7. The van der Waals surface area contributed by atoms with E-state index >= 15 is 0 Å². The van der Waals surface area contributed by atoms with Gasteiger partial charge in [0.05, 0.1) is 11.5 Å². The van der Waals surface area contributed by atoms with E-state index in [0.717, 1.165) is 63.2 Å². The number of ether oxygens (including phenoxy) is 1. The van der Waals surface area contributed by atoms with Crippen LogP contribution in [0.5, 0.6) is 5.75 Å². The Morgan fingerprint density at radius 2 is 1.87 bits per heavy atom. The van der Waals surface area contributed by atoms with Crippen LogP contribution in [0.2, 0.25) is 0 Å². The highest BCUT2D eigenvalue weighted by atomic mass is 32.2. The Morgan fingerprint density at radius 1 is 1.06 bits per heavy atom. The van der Waals surface area contributed by atoms with Gasteiger partial charge in [-0.05, 0) is 73.9 Å². The Balaban J connectivity index is 1.37. The van der Waals surface area contributed by atoms with Crippen LogP contribution in [0.25, 0.3) is 0 Å². The highest BCUT2D eigenvalue weighted by Crippen LogP contribution is 2.28. The van der Waals surface area contributed by atoms with E-state index in [-0.39, 0.29) is 0 Å². The molecule has 0 aliphatic carbocycles. The van der Waals surface area contributed by atoms with E-state index < -0.39 is 10.0 Å². The number of hydrogen-bond donors (Lipinski definition) is 0. The molecule has 4 rings (SSSR count). The van der Waals surface area contributed by atoms with Crippen LogP contribution < -0.4 is 4.74 Å². The molecule has 2 aliphatic heterocycles. The minimum atomic E-state index is -3.41. The van der Waals surface area contributed by atoms with Crippen molar-refractivity contribution in [3.05, 3.63) is 59.2 Å². The Kier molecular flexibility index (Phi) is 6.99. The van der Waals surface area contributed by atoms with Crippen molar-refractivity contribution in [2.75, 3.05) is 32.8 Å². The molecule has 1 saturated heterocycles. The Morgan fingerprint density at radius 3 is 2.65 bits per heavy atom. The third kappa shape index (κ3) is 5.30. The van der Waals surface area contributed by atoms with Crippen molar-refractivity contribution in [1.29, 1.82) is 0 Å². The van der Waals surface area contributed by atoms with Gasteiger partial charge in [-0.2, -0.15) is 4.31 Å². The maximum absolute atomic E-state index is 13.1. The number of nitrogens with zero attached hydrogens (tertiary/aromatic N) is 2. The lowest BCUT2D eigenvalue weighted by atomic mass is 9.95. The molecule has 2 aromatic carbocycles. The first-order valence-electron chi connectivity index (χ1n) is 11.5. The van der Waals surface area contributed by atoms with Gasteiger partial charge in [-0.25, -0.2) is 8.42 Å². The monoisotopic (exact) mass is 442 g/mol. The summed E-state index contributed by atoms with van der Waals surface area (Å²) in [5.41, 5.74) is 3.83. The molecule has 2 heterocycles. The normalized spacial score (nSPS) is 20.4. The summed E-state index contributed by atoms with van der Waals surface area (Å²) in [6.07, 6.45) is 4.06. The molecular weight excluding hydrogens is 408 g/mol. The minimum absolute atomic E-state index is 0.377. The van der Waals surface area contributed by atoms with Crippen molar-refractivity contribution >= 4 is 10.0 Å². The average molecular weight is 443 g/mol. The van der Waals surface area contributed by atoms with Crippen molar-refractivity contribution in [2.24, 2.45) is 5.92 Å². The molecule has 5 nitrogen and oxygen atoms in total. The number of rotatable bonds is 7. The Hall–Kier alpha value is -1.89. The van der Waals surface area contributed by atoms with Crippen molar-refractivity contribution in [1.82, 2.24) is 9.21 Å². The lowest BCUT2D eigenvalue weighted by molar-refractivity contribution is 0.167. The fourth-order valence-corrected chi connectivity index (χ4v) is 6.23. The number of aryl methyl sites for hydroxylation is 1. The molecular formula is C25H34N2O3S. The lowest BCUT2D eigenvalue weighted by Crippen LogP contribution is -2.44. The number of piperidine rings is 1. The molecule has 0 spiro atoms. The van der Waals surface area contributed by atoms with Crippen LogP contribution in [0.3, 0.4) is 0 Å². The number of benzene rings is 2. The van der Waals surface area contributed by atoms with Gasteiger partial charge in [-0.3, -0.25) is 4.90 Å². The summed E-state index contributed by atoms with van der Waals surface area (Å²) in [4.78, 5) is 2.90. The molecule has 1 fully saturated rings. The van der Waals surface area contributed by atoms with E-state index in [1.807, 2.05) is 19.1 Å². The van der Waals surface area contributed by atoms with Crippen molar-refractivity contribution in [3.8, 4) is 5.75 Å². The SMILES string of the molecule is CCCOc1ccc2c(c1)CCN(CC1CCCN(S(=O)(=O)c3ccc(C)cc3)C1)C2. The van der Waals surface area contributed by atoms with Crippen LogP contribution in [-0.4, -0.2) is 50.4 Å². The third-order valence-corrected chi connectivity index (χ3v) is 8.28. The molecule has 0 radical (unpaired) electrons. The molecule has 31 heavy (non-hydrogen) atoms. The third-order valence-electron chi connectivity index (χ3n) is 6.40. The molecule has 1 unspecified atom stereocenters. The smallest absolute Gasteiger partial charge is 0.243 e. The van der Waals surface area contributed by atoms with Gasteiger partial charge in [0.2, 0.25) is 10.0 Å². The van der Waals surface area contributed by atoms with Gasteiger partial charge >= 0.3 is 0 Å². The van der Waals surface area contributed by atoms with Crippen molar-refractivity contribution in [3.63, 3.8) is 0 Å². The number of sulfonamides is 1. The molecule has 0 saturated carbocycles. The molecule has 6 heteroatoms. The molecule has 1 atom stereocenters. The maximum Gasteiger partial charge on any atom is 0.243 e. The summed E-state index contributed by atoms with van der Waals surface area (Å²) in [6.45, 7) is 9.00. The Bertz CT molecular complexity index is 988. The van der Waals surface area contributed by atoms with Gasteiger partial charge in [0.25, 0.3) is 0 Å². The second-order valence-electron chi connectivity index (χ2n) is 8.95. The predicted molar refractivity (Wildman–Crippen MR) is 124 cm³/mol. The van der Waals surface area contributed by atoms with Crippen molar-refractivity contribution < 1.29 is 13.2 Å². The van der Waals surface area contributed by atoms with Gasteiger partial charge in [0, 0.05) is 32.7 Å². The number of hydrogen-bond acceptors (Lipinski definition) is 4. The van der Waals surface area contributed by atoms with E-state index in [1.54, 1.807) is 16.4 Å². The van der Waals surface area contributed by atoms with Gasteiger partial charge < -0.3 is 4.74 Å². The first-order valence-corrected chi connectivity index (χ1v) is 12.9. The standard InChI is InChI=1S/C25H34N2O3S/c1-3-15-30-24-9-8-23-19-26(14-12-22(23)16-24)17-21-5-4-13-27(18-21)31(28,29)25-10-6-20(2)7-11-25/h6-11,16,21H,3-5,12-15,17-19H2,1-2H3. The van der Waals surface area contributed by atoms with E-state index in [2.05, 4.69) is 30.0 Å². The van der Waals surface area contributed by atoms with Gasteiger partial charge in [0.15, 0.2) is 0 Å². The highest BCUT2D eigenvalue weighted by molar-refractivity contribution is 7.89. The van der Waals surface area contributed by atoms with Gasteiger partial charge in [-0.1, -0.05) is 30.7 Å². The second kappa shape index (κ2) is 9.72. The van der Waals surface area contributed by atoms with E-state index in [0.29, 0.717) is 23.9 Å². The maximum atomic E-state index is 13.1. The van der Waals surface area contributed by atoms with Crippen LogP contribution in [0.4, 0.5) is 0 Å². The first kappa shape index (κ1) is 22.3. The number of fused-ring (bicyclic) bond motifs is 1. The van der Waals surface area contributed by atoms with E-state index in [9.17, 15) is 8.42 Å². The van der Waals surface area contributed by atoms with E-state index in [4.69, 9.17) is 4.74 Å². The summed E-state index contributed by atoms with van der Waals surface area (Å²) in [7, 11) is -3.41. The predicted octanol–water partition coefficient (Wildman–Crippen LogP) is 4.24. The summed E-state index contributed by atoms with van der Waals surface area (Å²) in [5, 5.41) is 0. The molecule has 0 aromatic heterocycles. The zero-order valence-corrected chi connectivity index (χ0v) is 19.5. The molecule has 0 N–H and O–H groups in total. The molecule has 168 valence electrons. The second-order valence-corrected chi connectivity index (χ2v) is 10.9. The molecule has 2 aromatic rings. The highest BCUT2D eigenvalue weighted by Gasteiger charge is 2.31. The quantitative estimate of drug-likeness (QED) is 0.643. The Labute approximate surface area is 187 Å².